The molecule has 0 bridgehead atoms. The predicted octanol–water partition coefficient (Wildman–Crippen LogP) is 2.99. The average Bonchev–Trinajstić information content (AvgIpc) is 3.40. The van der Waals surface area contributed by atoms with Crippen LogP contribution in [0, 0.1) is 5.92 Å². The maximum absolute atomic E-state index is 6.31. The number of rotatable bonds is 6. The molecular formula is C22H28N8O. The number of hydrogen-bond donors (Lipinski definition) is 3. The van der Waals surface area contributed by atoms with E-state index in [9.17, 15) is 0 Å². The van der Waals surface area contributed by atoms with E-state index in [0.29, 0.717) is 23.5 Å². The van der Waals surface area contributed by atoms with Crippen molar-refractivity contribution in [2.24, 2.45) is 5.92 Å². The van der Waals surface area contributed by atoms with Gasteiger partial charge in [-0.1, -0.05) is 27.4 Å². The van der Waals surface area contributed by atoms with Crippen molar-refractivity contribution in [3.63, 3.8) is 0 Å². The van der Waals surface area contributed by atoms with Gasteiger partial charge in [0.2, 0.25) is 0 Å². The molecule has 5 rings (SSSR count). The molecule has 4 heterocycles. The zero-order valence-electron chi connectivity index (χ0n) is 18.1. The van der Waals surface area contributed by atoms with Crippen molar-refractivity contribution in [1.82, 2.24) is 30.8 Å². The van der Waals surface area contributed by atoms with Gasteiger partial charge in [0.1, 0.15) is 17.9 Å². The summed E-state index contributed by atoms with van der Waals surface area (Å²) in [6.45, 7) is 10.5. The van der Waals surface area contributed by atoms with E-state index in [2.05, 4.69) is 48.2 Å². The molecule has 1 fully saturated rings. The second-order valence-electron chi connectivity index (χ2n) is 8.60. The van der Waals surface area contributed by atoms with E-state index in [1.165, 1.54) is 6.33 Å². The third-order valence-electron chi connectivity index (χ3n) is 6.14. The number of nitrogens with two attached hydrogens (primary N) is 1. The van der Waals surface area contributed by atoms with Gasteiger partial charge >= 0.3 is 0 Å². The van der Waals surface area contributed by atoms with E-state index in [4.69, 9.17) is 20.5 Å². The quantitative estimate of drug-likeness (QED) is 0.649. The van der Waals surface area contributed by atoms with Gasteiger partial charge in [-0.15, -0.1) is 5.48 Å². The summed E-state index contributed by atoms with van der Waals surface area (Å²) < 4.78 is 0. The van der Waals surface area contributed by atoms with Gasteiger partial charge in [-0.2, -0.15) is 0 Å². The normalized spacial score (nSPS) is 22.8. The highest BCUT2D eigenvalue weighted by Gasteiger charge is 2.47. The van der Waals surface area contributed by atoms with Crippen molar-refractivity contribution in [2.45, 2.75) is 58.0 Å². The smallest absolute Gasteiger partial charge is 0.160 e. The number of aromatic nitrogens is 4. The summed E-state index contributed by atoms with van der Waals surface area (Å²) >= 11 is 0. The van der Waals surface area contributed by atoms with Crippen molar-refractivity contribution in [1.29, 1.82) is 0 Å². The first-order valence-electron chi connectivity index (χ1n) is 10.8. The maximum Gasteiger partial charge on any atom is 0.160 e. The molecule has 2 aromatic heterocycles. The highest BCUT2D eigenvalue weighted by Crippen LogP contribution is 2.48. The molecule has 31 heavy (non-hydrogen) atoms. The van der Waals surface area contributed by atoms with Crippen LogP contribution in [0.5, 0.6) is 0 Å². The molecule has 3 aliphatic rings. The van der Waals surface area contributed by atoms with Crippen LogP contribution in [-0.4, -0.2) is 26.0 Å². The lowest BCUT2D eigenvalue weighted by Gasteiger charge is -2.24. The number of allylic oxidation sites excluding steroid dienone is 2. The van der Waals surface area contributed by atoms with Crippen LogP contribution in [0.15, 0.2) is 36.8 Å². The molecule has 4 N–H and O–H groups in total. The molecular weight excluding hydrogens is 392 g/mol. The standard InChI is InChI=1S/C22H28N8O/c1-5-12(4)30-22-16(20(23)26-10-27-22)17(28-30)18-15(19(31-29-18)13-6-7-13)21-24-8-14(9-25-21)11(2)3/h8-11,13,17-18,28-29H,4-7H2,1-3H3,(H2,23,26,27). The zero-order chi connectivity index (χ0) is 21.7. The van der Waals surface area contributed by atoms with Crippen LogP contribution in [0.4, 0.5) is 11.6 Å². The summed E-state index contributed by atoms with van der Waals surface area (Å²) in [6.07, 6.45) is 8.27. The molecule has 1 saturated carbocycles. The topological polar surface area (TPSA) is 114 Å². The van der Waals surface area contributed by atoms with Gasteiger partial charge in [0, 0.05) is 24.0 Å². The van der Waals surface area contributed by atoms with Crippen LogP contribution in [0.25, 0.3) is 5.57 Å². The minimum Gasteiger partial charge on any atom is -0.412 e. The fourth-order valence-corrected chi connectivity index (χ4v) is 4.08. The van der Waals surface area contributed by atoms with Gasteiger partial charge in [0.25, 0.3) is 0 Å². The third kappa shape index (κ3) is 3.34. The first-order chi connectivity index (χ1) is 15.0. The Balaban J connectivity index is 1.57. The van der Waals surface area contributed by atoms with Crippen LogP contribution < -0.4 is 21.6 Å². The molecule has 162 valence electrons. The summed E-state index contributed by atoms with van der Waals surface area (Å²) in [5.74, 6) is 3.52. The molecule has 0 aromatic carbocycles. The monoisotopic (exact) mass is 420 g/mol. The number of fused-ring (bicyclic) bond motifs is 1. The SMILES string of the molecule is C=C(CC)N1NC(C2NOC(C3CC3)=C2c2ncc(C(C)C)cn2)c2c(N)ncnc21. The Hall–Kier alpha value is -3.04. The summed E-state index contributed by atoms with van der Waals surface area (Å²) in [5.41, 5.74) is 16.8. The summed E-state index contributed by atoms with van der Waals surface area (Å²) in [7, 11) is 0. The first kappa shape index (κ1) is 19.9. The number of nitrogens with zero attached hydrogens (tertiary/aromatic N) is 5. The highest BCUT2D eigenvalue weighted by molar-refractivity contribution is 5.74. The van der Waals surface area contributed by atoms with Crippen LogP contribution in [0.2, 0.25) is 0 Å². The molecule has 0 saturated heterocycles. The Morgan fingerprint density at radius 3 is 2.61 bits per heavy atom. The lowest BCUT2D eigenvalue weighted by Crippen LogP contribution is -2.42. The maximum atomic E-state index is 6.31. The van der Waals surface area contributed by atoms with E-state index in [1.807, 2.05) is 17.4 Å². The van der Waals surface area contributed by atoms with Crippen LogP contribution >= 0.6 is 0 Å². The molecule has 0 amide bonds. The Morgan fingerprint density at radius 1 is 1.23 bits per heavy atom. The molecule has 2 unspecified atom stereocenters. The molecule has 2 atom stereocenters. The lowest BCUT2D eigenvalue weighted by atomic mass is 9.93. The molecule has 0 spiro atoms. The van der Waals surface area contributed by atoms with Crippen molar-refractivity contribution < 1.29 is 4.84 Å². The molecule has 2 aliphatic heterocycles. The van der Waals surface area contributed by atoms with E-state index in [1.54, 1.807) is 0 Å². The van der Waals surface area contributed by atoms with Crippen LogP contribution in [0.3, 0.4) is 0 Å². The zero-order valence-corrected chi connectivity index (χ0v) is 18.1. The molecule has 0 radical (unpaired) electrons. The molecule has 1 aliphatic carbocycles. The number of nitrogen functional groups attached to an aromatic ring is 1. The van der Waals surface area contributed by atoms with E-state index < -0.39 is 0 Å². The van der Waals surface area contributed by atoms with Gasteiger partial charge in [-0.25, -0.2) is 25.4 Å². The molecule has 9 nitrogen and oxygen atoms in total. The fraction of sp³-hybridized carbons (Fsp3) is 0.455. The Labute approximate surface area is 181 Å². The van der Waals surface area contributed by atoms with Crippen molar-refractivity contribution in [2.75, 3.05) is 10.7 Å². The molecule has 9 heteroatoms. The fourth-order valence-electron chi connectivity index (χ4n) is 4.08. The minimum atomic E-state index is -0.251. The Morgan fingerprint density at radius 2 is 1.97 bits per heavy atom. The summed E-state index contributed by atoms with van der Waals surface area (Å²) in [6, 6.07) is -0.499. The van der Waals surface area contributed by atoms with Gasteiger partial charge < -0.3 is 10.6 Å². The largest absolute Gasteiger partial charge is 0.412 e. The molecule has 2 aromatic rings. The number of hydroxylamine groups is 1. The van der Waals surface area contributed by atoms with Crippen molar-refractivity contribution >= 4 is 17.2 Å². The van der Waals surface area contributed by atoms with Crippen LogP contribution in [0.1, 0.15) is 68.9 Å². The van der Waals surface area contributed by atoms with Gasteiger partial charge in [-0.05, 0) is 30.7 Å². The van der Waals surface area contributed by atoms with Gasteiger partial charge in [0.15, 0.2) is 11.6 Å². The predicted molar refractivity (Wildman–Crippen MR) is 118 cm³/mol. The van der Waals surface area contributed by atoms with E-state index >= 15 is 0 Å². The third-order valence-corrected chi connectivity index (χ3v) is 6.14. The number of anilines is 2. The van der Waals surface area contributed by atoms with Crippen molar-refractivity contribution in [3.05, 3.63) is 53.7 Å². The van der Waals surface area contributed by atoms with Gasteiger partial charge in [0.05, 0.1) is 23.2 Å². The number of nitrogens with one attached hydrogen (secondary N) is 2. The Bertz CT molecular complexity index is 1040. The Kier molecular flexibility index (Phi) is 4.86. The van der Waals surface area contributed by atoms with Crippen molar-refractivity contribution in [3.8, 4) is 0 Å². The second kappa shape index (κ2) is 7.58. The summed E-state index contributed by atoms with van der Waals surface area (Å²) in [5, 5.41) is 1.90. The minimum absolute atomic E-state index is 0.248. The van der Waals surface area contributed by atoms with E-state index in [0.717, 1.165) is 53.2 Å². The summed E-state index contributed by atoms with van der Waals surface area (Å²) in [4.78, 5) is 24.1. The average molecular weight is 421 g/mol. The van der Waals surface area contributed by atoms with Gasteiger partial charge in [-0.3, -0.25) is 5.01 Å². The first-order valence-corrected chi connectivity index (χ1v) is 10.8. The second-order valence-corrected chi connectivity index (χ2v) is 8.60. The highest BCUT2D eigenvalue weighted by atomic mass is 16.7. The number of hydrogen-bond acceptors (Lipinski definition) is 9. The van der Waals surface area contributed by atoms with E-state index in [-0.39, 0.29) is 12.1 Å². The number of hydrazine groups is 1. The lowest BCUT2D eigenvalue weighted by molar-refractivity contribution is 0.0976. The van der Waals surface area contributed by atoms with Crippen LogP contribution in [-0.2, 0) is 4.84 Å².